The van der Waals surface area contributed by atoms with E-state index in [1.807, 2.05) is 6.92 Å². The third kappa shape index (κ3) is 5.51. The van der Waals surface area contributed by atoms with Crippen LogP contribution in [0.25, 0.3) is 4.95 Å². The van der Waals surface area contributed by atoms with E-state index in [2.05, 4.69) is 25.5 Å². The molecule has 0 spiro atoms. The van der Waals surface area contributed by atoms with Crippen LogP contribution in [0.4, 0.5) is 15.3 Å². The Balaban J connectivity index is 1.54. The number of urea groups is 1. The lowest BCUT2D eigenvalue weighted by Crippen LogP contribution is -2.46. The van der Waals surface area contributed by atoms with Gasteiger partial charge in [-0.05, 0) is 107 Å². The van der Waals surface area contributed by atoms with Gasteiger partial charge in [0.1, 0.15) is 5.60 Å². The second-order valence-corrected chi connectivity index (χ2v) is 12.7. The molecule has 0 aromatic heterocycles. The van der Waals surface area contributed by atoms with Gasteiger partial charge in [0.2, 0.25) is 9.92 Å². The van der Waals surface area contributed by atoms with Crippen LogP contribution in [0.1, 0.15) is 75.6 Å². The van der Waals surface area contributed by atoms with Crippen LogP contribution in [0, 0.1) is 6.57 Å². The Morgan fingerprint density at radius 2 is 1.81 bits per heavy atom. The number of carbonyl (C=O) groups excluding carboxylic acids is 2. The largest absolute Gasteiger partial charge is 0.444 e. The fourth-order valence-electron chi connectivity index (χ4n) is 5.40. The number of benzene rings is 1. The first-order chi connectivity index (χ1) is 16.9. The summed E-state index contributed by atoms with van der Waals surface area (Å²) in [7, 11) is -3.55. The molecule has 1 saturated heterocycles. The Morgan fingerprint density at radius 3 is 2.39 bits per heavy atom. The van der Waals surface area contributed by atoms with E-state index in [-0.39, 0.29) is 0 Å². The van der Waals surface area contributed by atoms with Crippen molar-refractivity contribution in [2.24, 2.45) is 4.47 Å². The lowest BCUT2D eigenvalue weighted by molar-refractivity contribution is 0.0169. The van der Waals surface area contributed by atoms with Gasteiger partial charge >= 0.3 is 12.1 Å². The van der Waals surface area contributed by atoms with Crippen LogP contribution in [0.5, 0.6) is 0 Å². The van der Waals surface area contributed by atoms with Gasteiger partial charge in [0.15, 0.2) is 4.47 Å². The molecule has 36 heavy (non-hydrogen) atoms. The van der Waals surface area contributed by atoms with Crippen molar-refractivity contribution in [3.05, 3.63) is 51.3 Å². The van der Waals surface area contributed by atoms with Crippen molar-refractivity contribution in [3.8, 4) is 0 Å². The van der Waals surface area contributed by atoms with Crippen LogP contribution in [-0.4, -0.2) is 38.9 Å². The molecule has 9 nitrogen and oxygen atoms in total. The van der Waals surface area contributed by atoms with Gasteiger partial charge in [-0.1, -0.05) is 6.07 Å². The van der Waals surface area contributed by atoms with Crippen molar-refractivity contribution in [1.29, 1.82) is 0 Å². The van der Waals surface area contributed by atoms with E-state index in [4.69, 9.17) is 11.3 Å². The molecule has 10 heteroatoms. The SMILES string of the molecule is [C-]#[N+]N=S(=O)(/C=C/[C@]1(C)CCCN1C(=O)OC(C)(C)C)NC(=O)Nc1c2c(cc3c1CCC3)CCC2. The number of aryl methyl sites for hydroxylation is 2. The minimum Gasteiger partial charge on any atom is -0.444 e. The fourth-order valence-corrected chi connectivity index (χ4v) is 6.47. The molecular weight excluding hydrogens is 478 g/mol. The summed E-state index contributed by atoms with van der Waals surface area (Å²) < 4.78 is 25.0. The molecule has 1 aliphatic heterocycles. The quantitative estimate of drug-likeness (QED) is 0.421. The summed E-state index contributed by atoms with van der Waals surface area (Å²) in [5.74, 6) is 0. The van der Waals surface area contributed by atoms with Crippen LogP contribution in [0.2, 0.25) is 0 Å². The van der Waals surface area contributed by atoms with Gasteiger partial charge in [-0.25, -0.2) is 18.5 Å². The number of nitrogens with one attached hydrogen (secondary N) is 2. The van der Waals surface area contributed by atoms with Crippen molar-refractivity contribution in [3.63, 3.8) is 0 Å². The summed E-state index contributed by atoms with van der Waals surface area (Å²) in [6.45, 7) is 14.9. The molecule has 3 aliphatic rings. The first kappa shape index (κ1) is 26.0. The van der Waals surface area contributed by atoms with E-state index in [1.165, 1.54) is 16.5 Å². The van der Waals surface area contributed by atoms with E-state index in [1.54, 1.807) is 31.7 Å². The van der Waals surface area contributed by atoms with E-state index in [0.717, 1.165) is 61.8 Å². The monoisotopic (exact) mass is 513 g/mol. The van der Waals surface area contributed by atoms with Crippen LogP contribution in [0.3, 0.4) is 0 Å². The zero-order valence-electron chi connectivity index (χ0n) is 21.5. The van der Waals surface area contributed by atoms with Gasteiger partial charge in [0.05, 0.1) is 5.54 Å². The maximum absolute atomic E-state index is 13.5. The molecular formula is C26H35N5O4S. The normalized spacial score (nSPS) is 22.5. The highest BCUT2D eigenvalue weighted by Crippen LogP contribution is 2.38. The molecule has 1 aromatic carbocycles. The van der Waals surface area contributed by atoms with Gasteiger partial charge in [0, 0.05) is 17.6 Å². The highest BCUT2D eigenvalue weighted by molar-refractivity contribution is 7.95. The number of amides is 3. The number of hydrogen-bond acceptors (Lipinski definition) is 5. The lowest BCUT2D eigenvalue weighted by atomic mass is 9.99. The average molecular weight is 514 g/mol. The number of anilines is 1. The summed E-state index contributed by atoms with van der Waals surface area (Å²) in [6, 6.07) is 1.61. The average Bonchev–Trinajstić information content (AvgIpc) is 3.51. The molecule has 4 rings (SSSR count). The number of fused-ring (bicyclic) bond motifs is 2. The summed E-state index contributed by atoms with van der Waals surface area (Å²) in [4.78, 5) is 30.3. The Kier molecular flexibility index (Phi) is 7.06. The molecule has 1 fully saturated rings. The zero-order chi connectivity index (χ0) is 26.1. The lowest BCUT2D eigenvalue weighted by Gasteiger charge is -2.34. The number of hydrogen-bond donors (Lipinski definition) is 2. The van der Waals surface area contributed by atoms with Crippen molar-refractivity contribution >= 4 is 27.7 Å². The Hall–Kier alpha value is -3.06. The van der Waals surface area contributed by atoms with Gasteiger partial charge in [-0.15, -0.1) is 4.95 Å². The van der Waals surface area contributed by atoms with Crippen LogP contribution in [-0.2, 0) is 40.3 Å². The number of carbonyl (C=O) groups is 2. The summed E-state index contributed by atoms with van der Waals surface area (Å²) >= 11 is 0. The smallest absolute Gasteiger partial charge is 0.410 e. The summed E-state index contributed by atoms with van der Waals surface area (Å²) in [5.41, 5.74) is 4.25. The van der Waals surface area contributed by atoms with E-state index < -0.39 is 33.2 Å². The number of ether oxygens (including phenoxy) is 1. The molecule has 2 atom stereocenters. The molecule has 0 saturated carbocycles. The third-order valence-electron chi connectivity index (χ3n) is 7.02. The Bertz CT molecular complexity index is 1230. The molecule has 1 unspecified atom stereocenters. The van der Waals surface area contributed by atoms with E-state index >= 15 is 0 Å². The van der Waals surface area contributed by atoms with Crippen LogP contribution >= 0.6 is 0 Å². The van der Waals surface area contributed by atoms with E-state index in [9.17, 15) is 13.8 Å². The summed E-state index contributed by atoms with van der Waals surface area (Å²) in [5, 5.41) is 4.18. The van der Waals surface area contributed by atoms with Gasteiger partial charge < -0.3 is 10.1 Å². The maximum atomic E-state index is 13.5. The van der Waals surface area contributed by atoms with Crippen molar-refractivity contribution in [1.82, 2.24) is 9.62 Å². The molecule has 0 radical (unpaired) electrons. The highest BCUT2D eigenvalue weighted by Gasteiger charge is 2.40. The molecule has 2 aliphatic carbocycles. The van der Waals surface area contributed by atoms with Crippen LogP contribution < -0.4 is 10.0 Å². The fraction of sp³-hybridized carbons (Fsp3) is 0.577. The molecule has 1 heterocycles. The maximum Gasteiger partial charge on any atom is 0.410 e. The van der Waals surface area contributed by atoms with Crippen molar-refractivity contribution in [2.75, 3.05) is 11.9 Å². The number of rotatable bonds is 4. The van der Waals surface area contributed by atoms with Gasteiger partial charge in [0.25, 0.3) is 0 Å². The van der Waals surface area contributed by atoms with Crippen molar-refractivity contribution in [2.45, 2.75) is 90.2 Å². The molecule has 3 amide bonds. The minimum absolute atomic E-state index is 0.460. The number of likely N-dealkylation sites (tertiary alicyclic amines) is 1. The highest BCUT2D eigenvalue weighted by atomic mass is 32.2. The first-order valence-electron chi connectivity index (χ1n) is 12.5. The standard InChI is InChI=1S/C26H35N5O4S/c1-25(2,3)35-24(33)31-15-8-13-26(31,4)14-16-36(34,30-27-5)29-23(32)28-22-20-11-6-9-18(20)17-19-10-7-12-21(19)22/h14,16-17H,6-13,15H2,1-4H3,(H2,28,29,30,32,34)/b16-14+/t26-,36?/m0/s1. The first-order valence-corrected chi connectivity index (χ1v) is 14.1. The number of nitrogens with zero attached hydrogens (tertiary/aromatic N) is 3. The van der Waals surface area contributed by atoms with Gasteiger partial charge in [-0.2, -0.15) is 6.57 Å². The summed E-state index contributed by atoms with van der Waals surface area (Å²) in [6.07, 6.45) is 8.41. The van der Waals surface area contributed by atoms with E-state index in [0.29, 0.717) is 13.0 Å². The van der Waals surface area contributed by atoms with Crippen molar-refractivity contribution < 1.29 is 18.5 Å². The molecule has 194 valence electrons. The Labute approximate surface area is 213 Å². The van der Waals surface area contributed by atoms with Gasteiger partial charge in [-0.3, -0.25) is 4.90 Å². The molecule has 1 aromatic rings. The predicted octanol–water partition coefficient (Wildman–Crippen LogP) is 5.31. The second kappa shape index (κ2) is 9.77. The molecule has 2 N–H and O–H groups in total. The minimum atomic E-state index is -3.55. The third-order valence-corrected chi connectivity index (χ3v) is 8.33. The zero-order valence-corrected chi connectivity index (χ0v) is 22.3. The molecule has 0 bridgehead atoms. The predicted molar refractivity (Wildman–Crippen MR) is 140 cm³/mol. The topological polar surface area (TPSA) is 104 Å². The Morgan fingerprint density at radius 1 is 1.17 bits per heavy atom. The second-order valence-electron chi connectivity index (χ2n) is 10.9. The van der Waals surface area contributed by atoms with Crippen LogP contribution in [0.15, 0.2) is 22.0 Å².